The van der Waals surface area contributed by atoms with Crippen molar-refractivity contribution in [3.8, 4) is 0 Å². The van der Waals surface area contributed by atoms with Gasteiger partial charge in [-0.05, 0) is 6.42 Å². The van der Waals surface area contributed by atoms with Crippen LogP contribution >= 0.6 is 0 Å². The van der Waals surface area contributed by atoms with E-state index in [1.807, 2.05) is 13.8 Å². The van der Waals surface area contributed by atoms with Gasteiger partial charge in [0.05, 0.1) is 6.04 Å². The summed E-state index contributed by atoms with van der Waals surface area (Å²) in [4.78, 5) is 33.6. The Kier molecular flexibility index (Phi) is 6.54. The summed E-state index contributed by atoms with van der Waals surface area (Å²) in [6, 6.07) is -0.775. The molecule has 0 saturated carbocycles. The molecule has 1 unspecified atom stereocenters. The van der Waals surface area contributed by atoms with Gasteiger partial charge in [0.15, 0.2) is 11.7 Å². The van der Waals surface area contributed by atoms with Crippen molar-refractivity contribution in [2.24, 2.45) is 11.8 Å². The van der Waals surface area contributed by atoms with E-state index in [1.54, 1.807) is 13.8 Å². The smallest absolute Gasteiger partial charge is 0.317 e. The first kappa shape index (κ1) is 16.6. The molecule has 0 spiro atoms. The molecule has 3 N–H and O–H groups in total. The number of nitrogens with one attached hydrogen (secondary N) is 1. The van der Waals surface area contributed by atoms with Crippen LogP contribution in [0.4, 0.5) is 0 Å². The first-order valence-corrected chi connectivity index (χ1v) is 5.92. The Morgan fingerprint density at radius 2 is 1.44 bits per heavy atom. The van der Waals surface area contributed by atoms with Crippen molar-refractivity contribution in [3.05, 3.63) is 0 Å². The van der Waals surface area contributed by atoms with Crippen molar-refractivity contribution >= 4 is 17.7 Å². The lowest BCUT2D eigenvalue weighted by Crippen LogP contribution is -2.45. The van der Waals surface area contributed by atoms with E-state index in [9.17, 15) is 14.4 Å². The van der Waals surface area contributed by atoms with E-state index >= 15 is 0 Å². The largest absolute Gasteiger partial charge is 0.481 e. The Hall–Kier alpha value is -1.43. The van der Waals surface area contributed by atoms with Crippen molar-refractivity contribution in [3.63, 3.8) is 0 Å². The molecule has 6 nitrogen and oxygen atoms in total. The molecular formula is C12H21NO5. The van der Waals surface area contributed by atoms with Gasteiger partial charge in [0.25, 0.3) is 0 Å². The Morgan fingerprint density at radius 1 is 1.00 bits per heavy atom. The van der Waals surface area contributed by atoms with Gasteiger partial charge in [0, 0.05) is 12.0 Å². The minimum Gasteiger partial charge on any atom is -0.481 e. The summed E-state index contributed by atoms with van der Waals surface area (Å²) in [7, 11) is 0. The zero-order chi connectivity index (χ0) is 14.5. The van der Waals surface area contributed by atoms with Crippen LogP contribution in [0.2, 0.25) is 0 Å². The molecular weight excluding hydrogens is 238 g/mol. The van der Waals surface area contributed by atoms with Crippen LogP contribution in [0.5, 0.6) is 0 Å². The molecule has 18 heavy (non-hydrogen) atoms. The number of carbonyl (C=O) groups is 3. The zero-order valence-electron chi connectivity index (χ0n) is 11.1. The summed E-state index contributed by atoms with van der Waals surface area (Å²) >= 11 is 0. The van der Waals surface area contributed by atoms with Crippen LogP contribution in [0.15, 0.2) is 0 Å². The molecule has 0 aromatic heterocycles. The third kappa shape index (κ3) is 5.27. The number of carbonyl (C=O) groups excluding carboxylic acids is 1. The highest BCUT2D eigenvalue weighted by Gasteiger charge is 2.33. The molecule has 104 valence electrons. The second-order valence-corrected chi connectivity index (χ2v) is 4.90. The molecule has 0 aromatic rings. The summed E-state index contributed by atoms with van der Waals surface area (Å²) in [5.41, 5.74) is 0. The summed E-state index contributed by atoms with van der Waals surface area (Å²) in [5, 5.41) is 20.6. The second kappa shape index (κ2) is 7.10. The predicted octanol–water partition coefficient (Wildman–Crippen LogP) is 0.754. The van der Waals surface area contributed by atoms with Crippen LogP contribution in [0, 0.1) is 11.8 Å². The molecule has 0 aliphatic carbocycles. The van der Waals surface area contributed by atoms with E-state index in [2.05, 4.69) is 5.32 Å². The molecule has 0 heterocycles. The minimum absolute atomic E-state index is 0.0269. The number of ketones is 1. The number of Topliss-reactive ketones (excluding diaryl/α,β-unsaturated/α-hetero) is 1. The quantitative estimate of drug-likeness (QED) is 0.556. The monoisotopic (exact) mass is 259 g/mol. The average Bonchev–Trinajstić information content (AvgIpc) is 2.21. The Morgan fingerprint density at radius 3 is 1.72 bits per heavy atom. The van der Waals surface area contributed by atoms with Gasteiger partial charge in [-0.15, -0.1) is 0 Å². The van der Waals surface area contributed by atoms with Gasteiger partial charge in [-0.3, -0.25) is 14.4 Å². The SMILES string of the molecule is CC(C)NC(CC(C(=O)O)C(=O)O)C(=O)C(C)C. The first-order chi connectivity index (χ1) is 8.16. The molecule has 0 aromatic carbocycles. The second-order valence-electron chi connectivity index (χ2n) is 4.90. The molecule has 0 fully saturated rings. The molecule has 1 atom stereocenters. The van der Waals surface area contributed by atoms with Crippen molar-refractivity contribution in [1.29, 1.82) is 0 Å². The highest BCUT2D eigenvalue weighted by atomic mass is 16.4. The average molecular weight is 259 g/mol. The standard InChI is InChI=1S/C12H21NO5/c1-6(2)10(14)9(13-7(3)4)5-8(11(15)16)12(17)18/h6-9,13H,5H2,1-4H3,(H,15,16)(H,17,18). The Bertz CT molecular complexity index is 310. The minimum atomic E-state index is -1.57. The van der Waals surface area contributed by atoms with E-state index < -0.39 is 23.9 Å². The Balaban J connectivity index is 4.92. The third-order valence-electron chi connectivity index (χ3n) is 2.51. The van der Waals surface area contributed by atoms with Gasteiger partial charge in [0.1, 0.15) is 0 Å². The number of rotatable bonds is 8. The first-order valence-electron chi connectivity index (χ1n) is 5.92. The maximum atomic E-state index is 11.9. The molecule has 0 radical (unpaired) electrons. The van der Waals surface area contributed by atoms with Gasteiger partial charge >= 0.3 is 11.9 Å². The lowest BCUT2D eigenvalue weighted by atomic mass is 9.92. The van der Waals surface area contributed by atoms with Crippen molar-refractivity contribution in [2.75, 3.05) is 0 Å². The van der Waals surface area contributed by atoms with E-state index in [1.165, 1.54) is 0 Å². The maximum Gasteiger partial charge on any atom is 0.317 e. The fourth-order valence-electron chi connectivity index (χ4n) is 1.61. The van der Waals surface area contributed by atoms with E-state index in [-0.39, 0.29) is 24.2 Å². The van der Waals surface area contributed by atoms with E-state index in [0.717, 1.165) is 0 Å². The maximum absolute atomic E-state index is 11.9. The molecule has 0 saturated heterocycles. The van der Waals surface area contributed by atoms with E-state index in [0.29, 0.717) is 0 Å². The number of carboxylic acid groups (broad SMARTS) is 2. The molecule has 0 amide bonds. The fraction of sp³-hybridized carbons (Fsp3) is 0.750. The van der Waals surface area contributed by atoms with Gasteiger partial charge < -0.3 is 15.5 Å². The molecule has 0 aliphatic heterocycles. The fourth-order valence-corrected chi connectivity index (χ4v) is 1.61. The van der Waals surface area contributed by atoms with Crippen molar-refractivity contribution in [1.82, 2.24) is 5.32 Å². The van der Waals surface area contributed by atoms with Crippen LogP contribution < -0.4 is 5.32 Å². The van der Waals surface area contributed by atoms with Gasteiger partial charge in [-0.1, -0.05) is 27.7 Å². The van der Waals surface area contributed by atoms with Gasteiger partial charge in [0.2, 0.25) is 0 Å². The third-order valence-corrected chi connectivity index (χ3v) is 2.51. The van der Waals surface area contributed by atoms with Crippen molar-refractivity contribution in [2.45, 2.75) is 46.2 Å². The van der Waals surface area contributed by atoms with Crippen LogP contribution in [0.25, 0.3) is 0 Å². The van der Waals surface area contributed by atoms with Crippen LogP contribution in [0.1, 0.15) is 34.1 Å². The summed E-state index contributed by atoms with van der Waals surface area (Å²) in [6.45, 7) is 7.04. The van der Waals surface area contributed by atoms with E-state index in [4.69, 9.17) is 10.2 Å². The zero-order valence-corrected chi connectivity index (χ0v) is 11.1. The topological polar surface area (TPSA) is 104 Å². The van der Waals surface area contributed by atoms with Crippen LogP contribution in [0.3, 0.4) is 0 Å². The molecule has 6 heteroatoms. The van der Waals surface area contributed by atoms with Gasteiger partial charge in [-0.2, -0.15) is 0 Å². The number of hydrogen-bond acceptors (Lipinski definition) is 4. The number of aliphatic carboxylic acids is 2. The predicted molar refractivity (Wildman–Crippen MR) is 65.3 cm³/mol. The lowest BCUT2D eigenvalue weighted by molar-refractivity contribution is -0.155. The lowest BCUT2D eigenvalue weighted by Gasteiger charge is -2.23. The molecule has 0 aliphatic rings. The Labute approximate surface area is 106 Å². The van der Waals surface area contributed by atoms with Gasteiger partial charge in [-0.25, -0.2) is 0 Å². The normalized spacial score (nSPS) is 13.1. The highest BCUT2D eigenvalue weighted by molar-refractivity contribution is 5.94. The summed E-state index contributed by atoms with van der Waals surface area (Å²) in [5.74, 6) is -4.85. The van der Waals surface area contributed by atoms with Crippen molar-refractivity contribution < 1.29 is 24.6 Å². The molecule has 0 bridgehead atoms. The number of hydrogen-bond donors (Lipinski definition) is 3. The highest BCUT2D eigenvalue weighted by Crippen LogP contribution is 2.13. The summed E-state index contributed by atoms with van der Waals surface area (Å²) in [6.07, 6.45) is -0.236. The van der Waals surface area contributed by atoms with Crippen LogP contribution in [-0.2, 0) is 14.4 Å². The molecule has 0 rings (SSSR count). The van der Waals surface area contributed by atoms with Crippen LogP contribution in [-0.4, -0.2) is 40.0 Å². The summed E-state index contributed by atoms with van der Waals surface area (Å²) < 4.78 is 0. The number of carboxylic acids is 2.